The fraction of sp³-hybridized carbons (Fsp3) is 0.500. The van der Waals surface area contributed by atoms with Gasteiger partial charge in [-0.05, 0) is 0 Å². The van der Waals surface area contributed by atoms with Gasteiger partial charge in [0.1, 0.15) is 0 Å². The van der Waals surface area contributed by atoms with Crippen LogP contribution in [0.3, 0.4) is 0 Å². The molecule has 1 saturated heterocycles. The Hall–Kier alpha value is -1.65. The zero-order chi connectivity index (χ0) is 12.3. The van der Waals surface area contributed by atoms with Gasteiger partial charge in [-0.15, -0.1) is 11.3 Å². The largest absolute Gasteiger partial charge is 0.481 e. The minimum atomic E-state index is -0.890. The lowest BCUT2D eigenvalue weighted by atomic mass is 10.3. The molecule has 0 radical (unpaired) electrons. The van der Waals surface area contributed by atoms with Gasteiger partial charge in [0.05, 0.1) is 31.3 Å². The van der Waals surface area contributed by atoms with E-state index in [9.17, 15) is 4.79 Å². The van der Waals surface area contributed by atoms with Gasteiger partial charge in [0.15, 0.2) is 11.2 Å². The van der Waals surface area contributed by atoms with Crippen LogP contribution in [0.5, 0.6) is 0 Å². The fourth-order valence-corrected chi connectivity index (χ4v) is 2.44. The van der Waals surface area contributed by atoms with Gasteiger partial charge < -0.3 is 14.7 Å². The Balaban J connectivity index is 2.04. The van der Waals surface area contributed by atoms with Crippen molar-refractivity contribution < 1.29 is 14.6 Å². The van der Waals surface area contributed by atoms with Gasteiger partial charge in [-0.2, -0.15) is 5.26 Å². The van der Waals surface area contributed by atoms with Crippen LogP contribution < -0.4 is 4.90 Å². The maximum Gasteiger partial charge on any atom is 0.309 e. The topological polar surface area (TPSA) is 86.5 Å². The highest BCUT2D eigenvalue weighted by Gasteiger charge is 2.22. The van der Waals surface area contributed by atoms with E-state index in [-0.39, 0.29) is 6.42 Å². The first-order valence-electron chi connectivity index (χ1n) is 5.11. The maximum atomic E-state index is 10.5. The zero-order valence-electron chi connectivity index (χ0n) is 9.00. The van der Waals surface area contributed by atoms with E-state index >= 15 is 0 Å². The Morgan fingerprint density at radius 3 is 3.35 bits per heavy atom. The molecule has 1 aliphatic heterocycles. The Kier molecular flexibility index (Phi) is 3.56. The first-order valence-corrected chi connectivity index (χ1v) is 5.99. The molecule has 90 valence electrons. The van der Waals surface area contributed by atoms with Crippen LogP contribution in [0.25, 0.3) is 0 Å². The highest BCUT2D eigenvalue weighted by atomic mass is 32.1. The van der Waals surface area contributed by atoms with E-state index in [1.165, 1.54) is 11.3 Å². The molecule has 1 aromatic heterocycles. The van der Waals surface area contributed by atoms with E-state index in [2.05, 4.69) is 11.1 Å². The number of carboxylic acids is 1. The summed E-state index contributed by atoms with van der Waals surface area (Å²) in [5.74, 6) is -0.890. The highest BCUT2D eigenvalue weighted by Crippen LogP contribution is 2.22. The number of rotatable bonds is 3. The summed E-state index contributed by atoms with van der Waals surface area (Å²) in [5, 5.41) is 19.9. The van der Waals surface area contributed by atoms with Crippen molar-refractivity contribution in [3.8, 4) is 6.07 Å². The van der Waals surface area contributed by atoms with Crippen LogP contribution >= 0.6 is 11.3 Å². The molecule has 6 nitrogen and oxygen atoms in total. The second-order valence-electron chi connectivity index (χ2n) is 3.63. The van der Waals surface area contributed by atoms with Gasteiger partial charge in [0.2, 0.25) is 0 Å². The predicted molar refractivity (Wildman–Crippen MR) is 61.0 cm³/mol. The lowest BCUT2D eigenvalue weighted by molar-refractivity contribution is -0.136. The third-order valence-electron chi connectivity index (χ3n) is 2.35. The number of carbonyl (C=O) groups is 1. The molecule has 1 aromatic rings. The number of thiazole rings is 1. The lowest BCUT2D eigenvalue weighted by Gasteiger charge is -2.29. The van der Waals surface area contributed by atoms with Crippen molar-refractivity contribution in [1.29, 1.82) is 5.26 Å². The first kappa shape index (κ1) is 11.8. The van der Waals surface area contributed by atoms with Gasteiger partial charge in [-0.1, -0.05) is 0 Å². The van der Waals surface area contributed by atoms with Crippen molar-refractivity contribution in [2.24, 2.45) is 0 Å². The van der Waals surface area contributed by atoms with Crippen molar-refractivity contribution in [1.82, 2.24) is 4.98 Å². The highest BCUT2D eigenvalue weighted by molar-refractivity contribution is 7.13. The van der Waals surface area contributed by atoms with Crippen LogP contribution in [0.2, 0.25) is 0 Å². The molecule has 7 heteroatoms. The van der Waals surface area contributed by atoms with Crippen molar-refractivity contribution in [2.45, 2.75) is 12.5 Å². The number of ether oxygens (including phenoxy) is 1. The summed E-state index contributed by atoms with van der Waals surface area (Å²) in [6.45, 7) is 1.65. The summed E-state index contributed by atoms with van der Waals surface area (Å²) < 4.78 is 5.23. The number of carboxylic acid groups (broad SMARTS) is 1. The average molecular weight is 253 g/mol. The summed E-state index contributed by atoms with van der Waals surface area (Å²) in [6.07, 6.45) is -0.502. The molecule has 0 aliphatic carbocycles. The van der Waals surface area contributed by atoms with E-state index in [1.54, 1.807) is 5.38 Å². The third kappa shape index (κ3) is 2.93. The van der Waals surface area contributed by atoms with Crippen LogP contribution in [-0.2, 0) is 16.0 Å². The number of aliphatic carboxylic acids is 1. The minimum absolute atomic E-state index is 0.0669. The van der Waals surface area contributed by atoms with Gasteiger partial charge in [0, 0.05) is 11.9 Å². The average Bonchev–Trinajstić information content (AvgIpc) is 2.77. The minimum Gasteiger partial charge on any atom is -0.481 e. The van der Waals surface area contributed by atoms with Crippen molar-refractivity contribution >= 4 is 22.4 Å². The molecule has 1 fully saturated rings. The summed E-state index contributed by atoms with van der Waals surface area (Å²) in [6, 6.07) is 2.06. The van der Waals surface area contributed by atoms with Crippen molar-refractivity contribution in [3.63, 3.8) is 0 Å². The Bertz CT molecular complexity index is 454. The van der Waals surface area contributed by atoms with Gasteiger partial charge >= 0.3 is 5.97 Å². The van der Waals surface area contributed by atoms with E-state index < -0.39 is 12.1 Å². The fourth-order valence-electron chi connectivity index (χ4n) is 1.58. The molecule has 1 unspecified atom stereocenters. The first-order chi connectivity index (χ1) is 8.19. The van der Waals surface area contributed by atoms with E-state index in [1.807, 2.05) is 4.90 Å². The number of aromatic nitrogens is 1. The molecule has 0 amide bonds. The molecule has 0 bridgehead atoms. The summed E-state index contributed by atoms with van der Waals surface area (Å²) in [7, 11) is 0. The third-order valence-corrected chi connectivity index (χ3v) is 3.30. The van der Waals surface area contributed by atoms with Gasteiger partial charge in [-0.25, -0.2) is 4.98 Å². The van der Waals surface area contributed by atoms with Crippen molar-refractivity contribution in [2.75, 3.05) is 24.6 Å². The monoisotopic (exact) mass is 253 g/mol. The number of nitrogens with zero attached hydrogens (tertiary/aromatic N) is 3. The van der Waals surface area contributed by atoms with Crippen molar-refractivity contribution in [3.05, 3.63) is 11.1 Å². The SMILES string of the molecule is N#CC1CN(c2nc(CC(=O)O)cs2)CCO1. The molecule has 1 N–H and O–H groups in total. The molecular weight excluding hydrogens is 242 g/mol. The summed E-state index contributed by atoms with van der Waals surface area (Å²) in [4.78, 5) is 16.7. The van der Waals surface area contributed by atoms with Crippen LogP contribution in [-0.4, -0.2) is 41.9 Å². The van der Waals surface area contributed by atoms with Crippen LogP contribution in [0.15, 0.2) is 5.38 Å². The smallest absolute Gasteiger partial charge is 0.309 e. The molecule has 1 aliphatic rings. The molecule has 0 aromatic carbocycles. The number of morpholine rings is 1. The Morgan fingerprint density at radius 2 is 2.65 bits per heavy atom. The molecule has 17 heavy (non-hydrogen) atoms. The Labute approximate surface area is 102 Å². The molecule has 1 atom stereocenters. The molecule has 0 spiro atoms. The molecule has 2 heterocycles. The number of anilines is 1. The van der Waals surface area contributed by atoms with E-state index in [0.29, 0.717) is 25.4 Å². The normalized spacial score (nSPS) is 19.9. The summed E-state index contributed by atoms with van der Waals surface area (Å²) in [5.41, 5.74) is 0.553. The molecule has 0 saturated carbocycles. The summed E-state index contributed by atoms with van der Waals surface area (Å²) >= 11 is 1.40. The zero-order valence-corrected chi connectivity index (χ0v) is 9.81. The second kappa shape index (κ2) is 5.12. The second-order valence-corrected chi connectivity index (χ2v) is 4.46. The quantitative estimate of drug-likeness (QED) is 0.844. The number of nitriles is 1. The van der Waals surface area contributed by atoms with Gasteiger partial charge in [0.25, 0.3) is 0 Å². The number of hydrogen-bond acceptors (Lipinski definition) is 6. The van der Waals surface area contributed by atoms with Gasteiger partial charge in [-0.3, -0.25) is 4.79 Å². The number of hydrogen-bond donors (Lipinski definition) is 1. The molecular formula is C10H11N3O3S. The predicted octanol–water partition coefficient (Wildman–Crippen LogP) is 0.499. The lowest BCUT2D eigenvalue weighted by Crippen LogP contribution is -2.41. The Morgan fingerprint density at radius 1 is 1.82 bits per heavy atom. The van der Waals surface area contributed by atoms with E-state index in [0.717, 1.165) is 5.13 Å². The van der Waals surface area contributed by atoms with Crippen LogP contribution in [0, 0.1) is 11.3 Å². The maximum absolute atomic E-state index is 10.5. The standard InChI is InChI=1S/C10H11N3O3S/c11-4-8-5-13(1-2-16-8)10-12-7(6-17-10)3-9(14)15/h6,8H,1-3,5H2,(H,14,15). The van der Waals surface area contributed by atoms with Crippen LogP contribution in [0.4, 0.5) is 5.13 Å². The van der Waals surface area contributed by atoms with Crippen LogP contribution in [0.1, 0.15) is 5.69 Å². The molecule has 2 rings (SSSR count). The van der Waals surface area contributed by atoms with E-state index in [4.69, 9.17) is 15.1 Å².